The van der Waals surface area contributed by atoms with E-state index in [1.165, 1.54) is 21.3 Å². The van der Waals surface area contributed by atoms with Crippen molar-refractivity contribution in [2.45, 2.75) is 70.1 Å². The molecule has 0 aliphatic heterocycles. The average molecular weight is 758 g/mol. The van der Waals surface area contributed by atoms with Gasteiger partial charge in [0.2, 0.25) is 0 Å². The minimum Gasteiger partial charge on any atom is -0.491 e. The van der Waals surface area contributed by atoms with E-state index in [1.807, 2.05) is 36.4 Å². The molecule has 0 spiro atoms. The zero-order valence-electron chi connectivity index (χ0n) is 32.4. The van der Waals surface area contributed by atoms with Crippen LogP contribution in [0.1, 0.15) is 58.1 Å². The minimum absolute atomic E-state index is 0.143. The molecule has 0 aliphatic carbocycles. The molecule has 0 heterocycles. The fourth-order valence-corrected chi connectivity index (χ4v) is 9.33. The molecule has 15 heteroatoms. The number of hydrogen-bond acceptors (Lipinski definition) is 13. The molecule has 2 unspecified atom stereocenters. The van der Waals surface area contributed by atoms with Crippen molar-refractivity contribution in [2.24, 2.45) is 0 Å². The summed E-state index contributed by atoms with van der Waals surface area (Å²) in [6.07, 6.45) is 2.39. The molecule has 2 rings (SSSR count). The quantitative estimate of drug-likeness (QED) is 0.0711. The average Bonchev–Trinajstić information content (AvgIpc) is 3.13. The van der Waals surface area contributed by atoms with Crippen LogP contribution in [0.3, 0.4) is 0 Å². The number of ether oxygens (including phenoxy) is 4. The molecule has 0 radical (unpaired) electrons. The molecule has 2 aromatic carbocycles. The van der Waals surface area contributed by atoms with Gasteiger partial charge in [-0.25, -0.2) is 0 Å². The third-order valence-electron chi connectivity index (χ3n) is 8.94. The summed E-state index contributed by atoms with van der Waals surface area (Å²) in [6, 6.07) is 16.1. The smallest absolute Gasteiger partial charge is 0.491 e. The van der Waals surface area contributed by atoms with E-state index < -0.39 is 29.3 Å². The Hall–Kier alpha value is -1.97. The predicted molar refractivity (Wildman–Crippen MR) is 199 cm³/mol. The Morgan fingerprint density at radius 1 is 0.725 bits per heavy atom. The van der Waals surface area contributed by atoms with E-state index in [2.05, 4.69) is 25.7 Å². The van der Waals surface area contributed by atoms with Crippen molar-refractivity contribution < 1.29 is 55.7 Å². The van der Waals surface area contributed by atoms with Crippen molar-refractivity contribution in [2.75, 3.05) is 88.7 Å². The van der Waals surface area contributed by atoms with Gasteiger partial charge in [-0.2, -0.15) is 0 Å². The standard InChI is InChI=1S/C36H63NO12Si2/c1-11-13-23-37(24-14-27-50(40-5,41-6)42-7)28-32(38)29-46-25-26-47-33-19-15-30(16-20-33)35(3,4)31-17-21-34(22-18-31)49-36(39,48-12-2)51(43-8,44-9)45-10/h15-22,32,38-39H,11-14,23-29H2,1-10H3. The molecule has 0 aromatic heterocycles. The van der Waals surface area contributed by atoms with Gasteiger partial charge in [0.25, 0.3) is 0 Å². The van der Waals surface area contributed by atoms with E-state index >= 15 is 0 Å². The van der Waals surface area contributed by atoms with Crippen molar-refractivity contribution in [1.29, 1.82) is 0 Å². The van der Waals surface area contributed by atoms with Crippen LogP contribution in [0.15, 0.2) is 48.5 Å². The minimum atomic E-state index is -3.76. The summed E-state index contributed by atoms with van der Waals surface area (Å²) in [5.41, 5.74) is -0.454. The highest BCUT2D eigenvalue weighted by Gasteiger charge is 2.65. The lowest BCUT2D eigenvalue weighted by Gasteiger charge is -2.37. The lowest BCUT2D eigenvalue weighted by Crippen LogP contribution is -2.68. The maximum Gasteiger partial charge on any atom is 0.613 e. The molecule has 2 N–H and O–H groups in total. The zero-order chi connectivity index (χ0) is 38.0. The highest BCUT2D eigenvalue weighted by molar-refractivity contribution is 6.62. The number of unbranched alkanes of at least 4 members (excludes halogenated alkanes) is 1. The van der Waals surface area contributed by atoms with Crippen molar-refractivity contribution in [3.05, 3.63) is 59.7 Å². The van der Waals surface area contributed by atoms with Crippen LogP contribution in [-0.4, -0.2) is 133 Å². The highest BCUT2D eigenvalue weighted by Crippen LogP contribution is 2.35. The van der Waals surface area contributed by atoms with E-state index in [4.69, 9.17) is 45.5 Å². The lowest BCUT2D eigenvalue weighted by atomic mass is 9.78. The molecule has 0 fully saturated rings. The van der Waals surface area contributed by atoms with Crippen LogP contribution < -0.4 is 9.47 Å². The van der Waals surface area contributed by atoms with E-state index in [1.54, 1.807) is 40.4 Å². The highest BCUT2D eigenvalue weighted by atomic mass is 28.4. The third kappa shape index (κ3) is 12.8. The molecule has 0 amide bonds. The summed E-state index contributed by atoms with van der Waals surface area (Å²) in [4.78, 5) is 2.26. The van der Waals surface area contributed by atoms with Gasteiger partial charge in [-0.3, -0.25) is 0 Å². The number of nitrogens with zero attached hydrogens (tertiary/aromatic N) is 1. The SMILES string of the molecule is CCCCN(CCC[Si](OC)(OC)OC)CC(O)COCCOc1ccc(C(C)(C)c2ccc(OC(O)(OCC)[Si](OC)(OC)OC)cc2)cc1. The van der Waals surface area contributed by atoms with Crippen LogP contribution in [0.5, 0.6) is 11.5 Å². The Morgan fingerprint density at radius 2 is 1.25 bits per heavy atom. The first-order valence-corrected chi connectivity index (χ1v) is 21.2. The van der Waals surface area contributed by atoms with Crippen LogP contribution in [0.2, 0.25) is 6.04 Å². The number of benzene rings is 2. The summed E-state index contributed by atoms with van der Waals surface area (Å²) >= 11 is 0. The first kappa shape index (κ1) is 45.2. The van der Waals surface area contributed by atoms with Gasteiger partial charge >= 0.3 is 23.2 Å². The van der Waals surface area contributed by atoms with Gasteiger partial charge in [0.05, 0.1) is 25.9 Å². The van der Waals surface area contributed by atoms with Gasteiger partial charge in [0.15, 0.2) is 0 Å². The Kier molecular flexibility index (Phi) is 19.8. The van der Waals surface area contributed by atoms with Gasteiger partial charge in [-0.05, 0) is 68.2 Å². The van der Waals surface area contributed by atoms with Gasteiger partial charge in [0.1, 0.15) is 18.1 Å². The van der Waals surface area contributed by atoms with Crippen LogP contribution >= 0.6 is 0 Å². The van der Waals surface area contributed by atoms with Crippen LogP contribution in [0, 0.1) is 0 Å². The maximum absolute atomic E-state index is 11.2. The van der Waals surface area contributed by atoms with Crippen molar-refractivity contribution >= 4 is 17.6 Å². The van der Waals surface area contributed by atoms with E-state index in [-0.39, 0.29) is 18.6 Å². The Balaban J connectivity index is 1.88. The van der Waals surface area contributed by atoms with E-state index in [0.29, 0.717) is 31.6 Å². The monoisotopic (exact) mass is 757 g/mol. The van der Waals surface area contributed by atoms with Gasteiger partial charge < -0.3 is 60.6 Å². The van der Waals surface area contributed by atoms with Crippen molar-refractivity contribution in [3.8, 4) is 11.5 Å². The summed E-state index contributed by atoms with van der Waals surface area (Å²) in [5, 5.41) is 21.9. The first-order chi connectivity index (χ1) is 24.4. The Bertz CT molecular complexity index is 1200. The fourth-order valence-electron chi connectivity index (χ4n) is 5.79. The van der Waals surface area contributed by atoms with Gasteiger partial charge in [-0.1, -0.05) is 51.5 Å². The second-order valence-electron chi connectivity index (χ2n) is 12.6. The number of aliphatic hydroxyl groups excluding tert-OH is 1. The van der Waals surface area contributed by atoms with Crippen LogP contribution in [-0.2, 0) is 41.4 Å². The molecule has 51 heavy (non-hydrogen) atoms. The molecular weight excluding hydrogens is 695 g/mol. The second-order valence-corrected chi connectivity index (χ2v) is 18.6. The largest absolute Gasteiger partial charge is 0.613 e. The number of hydrogen-bond donors (Lipinski definition) is 2. The fraction of sp³-hybridized carbons (Fsp3) is 0.667. The van der Waals surface area contributed by atoms with E-state index in [0.717, 1.165) is 49.2 Å². The van der Waals surface area contributed by atoms with Crippen LogP contribution in [0.4, 0.5) is 0 Å². The third-order valence-corrected chi connectivity index (χ3v) is 14.4. The molecule has 292 valence electrons. The topological polar surface area (TPSA) is 136 Å². The molecule has 0 bridgehead atoms. The lowest BCUT2D eigenvalue weighted by molar-refractivity contribution is -0.293. The van der Waals surface area contributed by atoms with E-state index in [9.17, 15) is 10.2 Å². The molecule has 2 aromatic rings. The Morgan fingerprint density at radius 3 is 1.75 bits per heavy atom. The predicted octanol–water partition coefficient (Wildman–Crippen LogP) is 4.62. The molecule has 0 aliphatic rings. The van der Waals surface area contributed by atoms with Crippen molar-refractivity contribution in [3.63, 3.8) is 0 Å². The summed E-state index contributed by atoms with van der Waals surface area (Å²) in [7, 11) is 2.64. The maximum atomic E-state index is 11.2. The molecule has 2 atom stereocenters. The second kappa shape index (κ2) is 22.3. The molecule has 0 saturated heterocycles. The summed E-state index contributed by atoms with van der Waals surface area (Å²) < 4.78 is 56.0. The normalized spacial score (nSPS) is 14.5. The van der Waals surface area contributed by atoms with Crippen molar-refractivity contribution in [1.82, 2.24) is 4.90 Å². The molecule has 13 nitrogen and oxygen atoms in total. The zero-order valence-corrected chi connectivity index (χ0v) is 34.4. The number of rotatable bonds is 28. The van der Waals surface area contributed by atoms with Gasteiger partial charge in [-0.15, -0.1) is 0 Å². The number of aliphatic hydroxyl groups is 2. The molecule has 0 saturated carbocycles. The van der Waals surface area contributed by atoms with Gasteiger partial charge in [0, 0.05) is 60.7 Å². The summed E-state index contributed by atoms with van der Waals surface area (Å²) in [6.45, 7) is 11.5. The first-order valence-electron chi connectivity index (χ1n) is 17.6. The van der Waals surface area contributed by atoms with Crippen LogP contribution in [0.25, 0.3) is 0 Å². The molecular formula is C36H63NO12Si2. The summed E-state index contributed by atoms with van der Waals surface area (Å²) in [5.74, 6) is 1.09. The Labute approximate surface area is 307 Å².